The molecule has 2 amide bonds. The van der Waals surface area contributed by atoms with Crippen molar-refractivity contribution in [2.75, 3.05) is 19.0 Å². The second kappa shape index (κ2) is 9.30. The molecule has 0 spiro atoms. The third kappa shape index (κ3) is 6.64. The molecule has 0 bridgehead atoms. The zero-order valence-electron chi connectivity index (χ0n) is 13.6. The van der Waals surface area contributed by atoms with Crippen LogP contribution in [0.15, 0.2) is 42.5 Å². The van der Waals surface area contributed by atoms with Crippen molar-refractivity contribution in [2.45, 2.75) is 12.8 Å². The molecule has 0 aliphatic carbocycles. The van der Waals surface area contributed by atoms with Crippen molar-refractivity contribution < 1.29 is 14.3 Å². The van der Waals surface area contributed by atoms with E-state index in [1.54, 1.807) is 25.3 Å². The first-order valence-corrected chi connectivity index (χ1v) is 8.37. The molecule has 0 aliphatic rings. The Hall–Kier alpha value is -2.24. The van der Waals surface area contributed by atoms with Gasteiger partial charge in [-0.2, -0.15) is 0 Å². The fourth-order valence-electron chi connectivity index (χ4n) is 2.21. The van der Waals surface area contributed by atoms with E-state index in [0.29, 0.717) is 28.7 Å². The Morgan fingerprint density at radius 3 is 2.44 bits per heavy atom. The highest BCUT2D eigenvalue weighted by atomic mass is 35.5. The van der Waals surface area contributed by atoms with Crippen LogP contribution in [0, 0.1) is 0 Å². The summed E-state index contributed by atoms with van der Waals surface area (Å²) < 4.78 is 5.15. The second-order valence-electron chi connectivity index (χ2n) is 5.33. The number of carbonyl (C=O) groups is 2. The Kier molecular flexibility index (Phi) is 7.10. The predicted molar refractivity (Wildman–Crippen MR) is 99.4 cm³/mol. The molecule has 0 aliphatic heterocycles. The monoisotopic (exact) mass is 380 g/mol. The highest BCUT2D eigenvalue weighted by Gasteiger charge is 2.10. The summed E-state index contributed by atoms with van der Waals surface area (Å²) in [5, 5.41) is 6.12. The van der Waals surface area contributed by atoms with Crippen LogP contribution in [-0.4, -0.2) is 25.5 Å². The number of halogens is 2. The Labute approximate surface area is 156 Å². The summed E-state index contributed by atoms with van der Waals surface area (Å²) in [6.45, 7) is 0.433. The van der Waals surface area contributed by atoms with Gasteiger partial charge in [0, 0.05) is 22.3 Å². The number of nitrogens with one attached hydrogen (secondary N) is 2. The first kappa shape index (κ1) is 19.1. The average Bonchev–Trinajstić information content (AvgIpc) is 2.53. The van der Waals surface area contributed by atoms with Gasteiger partial charge >= 0.3 is 0 Å². The maximum absolute atomic E-state index is 11.9. The van der Waals surface area contributed by atoms with Gasteiger partial charge in [-0.1, -0.05) is 35.3 Å². The van der Waals surface area contributed by atoms with Crippen LogP contribution in [0.4, 0.5) is 5.69 Å². The molecule has 0 aromatic heterocycles. The summed E-state index contributed by atoms with van der Waals surface area (Å²) in [4.78, 5) is 23.7. The van der Waals surface area contributed by atoms with Crippen LogP contribution in [0.1, 0.15) is 12.0 Å². The van der Waals surface area contributed by atoms with Crippen LogP contribution in [0.3, 0.4) is 0 Å². The molecule has 0 heterocycles. The van der Waals surface area contributed by atoms with E-state index < -0.39 is 5.91 Å². The van der Waals surface area contributed by atoms with Gasteiger partial charge in [0.15, 0.2) is 0 Å². The number of carbonyl (C=O) groups excluding carboxylic acids is 2. The van der Waals surface area contributed by atoms with Gasteiger partial charge in [0.25, 0.3) is 0 Å². The van der Waals surface area contributed by atoms with E-state index >= 15 is 0 Å². The number of ether oxygens (including phenoxy) is 1. The molecule has 7 heteroatoms. The summed E-state index contributed by atoms with van der Waals surface area (Å²) in [6, 6.07) is 12.3. The second-order valence-corrected chi connectivity index (χ2v) is 6.21. The lowest BCUT2D eigenvalue weighted by molar-refractivity contribution is -0.126. The van der Waals surface area contributed by atoms with Gasteiger partial charge in [0.05, 0.1) is 7.11 Å². The maximum Gasteiger partial charge on any atom is 0.233 e. The van der Waals surface area contributed by atoms with E-state index in [4.69, 9.17) is 27.9 Å². The first-order valence-electron chi connectivity index (χ1n) is 7.62. The molecule has 5 nitrogen and oxygen atoms in total. The van der Waals surface area contributed by atoms with Crippen LogP contribution in [0.2, 0.25) is 10.0 Å². The number of rotatable bonds is 7. The van der Waals surface area contributed by atoms with E-state index in [-0.39, 0.29) is 12.3 Å². The van der Waals surface area contributed by atoms with Gasteiger partial charge in [-0.3, -0.25) is 9.59 Å². The van der Waals surface area contributed by atoms with E-state index in [1.165, 1.54) is 0 Å². The molecule has 0 saturated heterocycles. The Morgan fingerprint density at radius 1 is 1.04 bits per heavy atom. The Bertz CT molecular complexity index is 745. The van der Waals surface area contributed by atoms with E-state index in [2.05, 4.69) is 10.6 Å². The van der Waals surface area contributed by atoms with E-state index in [0.717, 1.165) is 11.3 Å². The van der Waals surface area contributed by atoms with Gasteiger partial charge in [0.1, 0.15) is 12.2 Å². The molecule has 0 radical (unpaired) electrons. The van der Waals surface area contributed by atoms with Gasteiger partial charge in [-0.15, -0.1) is 0 Å². The number of methoxy groups -OCH3 is 1. The quantitative estimate of drug-likeness (QED) is 0.719. The Morgan fingerprint density at radius 2 is 1.76 bits per heavy atom. The van der Waals surface area contributed by atoms with E-state index in [9.17, 15) is 9.59 Å². The fourth-order valence-corrected chi connectivity index (χ4v) is 2.74. The van der Waals surface area contributed by atoms with Crippen molar-refractivity contribution in [3.63, 3.8) is 0 Å². The third-order valence-corrected chi connectivity index (χ3v) is 3.77. The minimum Gasteiger partial charge on any atom is -0.497 e. The van der Waals surface area contributed by atoms with Crippen molar-refractivity contribution in [1.82, 2.24) is 5.32 Å². The number of hydrogen-bond donors (Lipinski definition) is 2. The Balaban J connectivity index is 1.76. The summed E-state index contributed by atoms with van der Waals surface area (Å²) in [6.07, 6.45) is 0.372. The zero-order valence-corrected chi connectivity index (χ0v) is 15.2. The summed E-state index contributed by atoms with van der Waals surface area (Å²) in [5.41, 5.74) is 1.49. The fraction of sp³-hybridized carbons (Fsp3) is 0.222. The standard InChI is InChI=1S/C18H18Cl2N2O3/c1-25-16-4-2-3-12(7-16)5-6-21-17(23)11-18(24)22-15-9-13(19)8-14(20)10-15/h2-4,7-10H,5-6,11H2,1H3,(H,21,23)(H,22,24). The number of amides is 2. The molecule has 0 atom stereocenters. The normalized spacial score (nSPS) is 10.2. The molecular weight excluding hydrogens is 363 g/mol. The van der Waals surface area contributed by atoms with Crippen LogP contribution in [-0.2, 0) is 16.0 Å². The van der Waals surface area contributed by atoms with Crippen molar-refractivity contribution in [3.8, 4) is 5.75 Å². The van der Waals surface area contributed by atoms with Crippen LogP contribution in [0.25, 0.3) is 0 Å². The first-order chi connectivity index (χ1) is 12.0. The van der Waals surface area contributed by atoms with Gasteiger partial charge in [-0.05, 0) is 42.3 Å². The molecule has 0 saturated carbocycles. The molecule has 2 N–H and O–H groups in total. The maximum atomic E-state index is 11.9. The average molecular weight is 381 g/mol. The molecule has 2 aromatic rings. The van der Waals surface area contributed by atoms with Crippen molar-refractivity contribution >= 4 is 40.7 Å². The minimum absolute atomic E-state index is 0.276. The van der Waals surface area contributed by atoms with Gasteiger partial charge in [-0.25, -0.2) is 0 Å². The lowest BCUT2D eigenvalue weighted by Gasteiger charge is -2.08. The van der Waals surface area contributed by atoms with Crippen molar-refractivity contribution in [3.05, 3.63) is 58.1 Å². The van der Waals surface area contributed by atoms with E-state index in [1.807, 2.05) is 24.3 Å². The van der Waals surface area contributed by atoms with Crippen LogP contribution in [0.5, 0.6) is 5.75 Å². The lowest BCUT2D eigenvalue weighted by Crippen LogP contribution is -2.29. The highest BCUT2D eigenvalue weighted by Crippen LogP contribution is 2.22. The van der Waals surface area contributed by atoms with Crippen molar-refractivity contribution in [1.29, 1.82) is 0 Å². The molecular formula is C18H18Cl2N2O3. The molecule has 2 aromatic carbocycles. The summed E-state index contributed by atoms with van der Waals surface area (Å²) >= 11 is 11.7. The number of benzene rings is 2. The molecule has 132 valence electrons. The van der Waals surface area contributed by atoms with Crippen LogP contribution < -0.4 is 15.4 Å². The number of hydrogen-bond acceptors (Lipinski definition) is 3. The molecule has 2 rings (SSSR count). The lowest BCUT2D eigenvalue weighted by atomic mass is 10.1. The zero-order chi connectivity index (χ0) is 18.2. The molecule has 0 fully saturated rings. The van der Waals surface area contributed by atoms with Crippen LogP contribution >= 0.6 is 23.2 Å². The SMILES string of the molecule is COc1cccc(CCNC(=O)CC(=O)Nc2cc(Cl)cc(Cl)c2)c1. The summed E-state index contributed by atoms with van der Waals surface area (Å²) in [5.74, 6) is -0.0193. The van der Waals surface area contributed by atoms with Gasteiger partial charge < -0.3 is 15.4 Å². The molecule has 0 unspecified atom stereocenters. The summed E-state index contributed by atoms with van der Waals surface area (Å²) in [7, 11) is 1.60. The largest absolute Gasteiger partial charge is 0.497 e. The smallest absolute Gasteiger partial charge is 0.233 e. The van der Waals surface area contributed by atoms with Crippen molar-refractivity contribution in [2.24, 2.45) is 0 Å². The number of anilines is 1. The predicted octanol–water partition coefficient (Wildman–Crippen LogP) is 3.69. The topological polar surface area (TPSA) is 67.4 Å². The minimum atomic E-state index is -0.433. The highest BCUT2D eigenvalue weighted by molar-refractivity contribution is 6.35. The molecule has 25 heavy (non-hydrogen) atoms. The van der Waals surface area contributed by atoms with Gasteiger partial charge in [0.2, 0.25) is 11.8 Å². The third-order valence-electron chi connectivity index (χ3n) is 3.34.